The van der Waals surface area contributed by atoms with Gasteiger partial charge in [-0.05, 0) is 31.9 Å². The number of nitrogens with zero attached hydrogens (tertiary/aromatic N) is 4. The molecule has 0 aliphatic heterocycles. The molecule has 90 valence electrons. The zero-order valence-electron chi connectivity index (χ0n) is 10.4. The largest absolute Gasteiger partial charge is 0.396 e. The van der Waals surface area contributed by atoms with E-state index < -0.39 is 0 Å². The highest BCUT2D eigenvalue weighted by molar-refractivity contribution is 5.50. The Morgan fingerprint density at radius 2 is 1.94 bits per heavy atom. The topological polar surface area (TPSA) is 69.6 Å². The molecule has 2 aromatic heterocycles. The van der Waals surface area contributed by atoms with E-state index >= 15 is 0 Å². The van der Waals surface area contributed by atoms with Crippen LogP contribution >= 0.6 is 0 Å². The van der Waals surface area contributed by atoms with Gasteiger partial charge >= 0.3 is 0 Å². The maximum atomic E-state index is 6.06. The third-order valence-electron chi connectivity index (χ3n) is 2.77. The number of hydrogen-bond donors (Lipinski definition) is 1. The molecule has 0 atom stereocenters. The van der Waals surface area contributed by atoms with E-state index in [0.717, 1.165) is 41.4 Å². The number of rotatable bonds is 3. The van der Waals surface area contributed by atoms with Gasteiger partial charge in [-0.2, -0.15) is 10.2 Å². The van der Waals surface area contributed by atoms with Crippen LogP contribution in [0, 0.1) is 6.92 Å². The fraction of sp³-hybridized carbons (Fsp3) is 0.417. The molecule has 0 radical (unpaired) electrons. The first kappa shape index (κ1) is 11.6. The predicted octanol–water partition coefficient (Wildman–Crippen LogP) is 1.68. The number of anilines is 1. The van der Waals surface area contributed by atoms with Crippen LogP contribution < -0.4 is 5.73 Å². The van der Waals surface area contributed by atoms with E-state index in [0.29, 0.717) is 0 Å². The van der Waals surface area contributed by atoms with Crippen LogP contribution in [-0.2, 0) is 12.8 Å². The van der Waals surface area contributed by atoms with Gasteiger partial charge in [-0.1, -0.05) is 13.8 Å². The lowest BCUT2D eigenvalue weighted by molar-refractivity contribution is 0.750. The summed E-state index contributed by atoms with van der Waals surface area (Å²) in [6.07, 6.45) is 1.65. The van der Waals surface area contributed by atoms with E-state index in [4.69, 9.17) is 5.73 Å². The summed E-state index contributed by atoms with van der Waals surface area (Å²) in [6.45, 7) is 6.01. The minimum Gasteiger partial charge on any atom is -0.396 e. The summed E-state index contributed by atoms with van der Waals surface area (Å²) in [4.78, 5) is 0. The van der Waals surface area contributed by atoms with Gasteiger partial charge in [0, 0.05) is 0 Å². The molecule has 2 aromatic rings. The first-order valence-corrected chi connectivity index (χ1v) is 5.84. The number of nitrogen functional groups attached to an aromatic ring is 1. The van der Waals surface area contributed by atoms with Crippen molar-refractivity contribution < 1.29 is 0 Å². The molecule has 2 heterocycles. The minimum absolute atomic E-state index is 0.721. The second kappa shape index (κ2) is 4.53. The van der Waals surface area contributed by atoms with E-state index in [2.05, 4.69) is 22.2 Å². The van der Waals surface area contributed by atoms with E-state index in [-0.39, 0.29) is 0 Å². The normalized spacial score (nSPS) is 10.8. The van der Waals surface area contributed by atoms with Crippen LogP contribution in [0.4, 0.5) is 5.69 Å². The molecule has 0 spiro atoms. The SMILES string of the molecule is CCc1nn(-c2ccc(C)nn2)c(CC)c1N. The maximum Gasteiger partial charge on any atom is 0.176 e. The number of nitrogens with two attached hydrogens (primary N) is 1. The molecule has 0 aliphatic rings. The molecule has 2 rings (SSSR count). The summed E-state index contributed by atoms with van der Waals surface area (Å²) in [7, 11) is 0. The van der Waals surface area contributed by atoms with Gasteiger partial charge in [-0.15, -0.1) is 5.10 Å². The second-order valence-electron chi connectivity index (χ2n) is 3.96. The number of aromatic nitrogens is 4. The van der Waals surface area contributed by atoms with Crippen molar-refractivity contribution in [1.29, 1.82) is 0 Å². The quantitative estimate of drug-likeness (QED) is 0.872. The van der Waals surface area contributed by atoms with E-state index in [1.165, 1.54) is 0 Å². The first-order valence-electron chi connectivity index (χ1n) is 5.84. The average molecular weight is 231 g/mol. The van der Waals surface area contributed by atoms with Crippen molar-refractivity contribution >= 4 is 5.69 Å². The Balaban J connectivity index is 2.54. The van der Waals surface area contributed by atoms with Crippen molar-refractivity contribution in [2.75, 3.05) is 5.73 Å². The van der Waals surface area contributed by atoms with Gasteiger partial charge in [0.05, 0.1) is 22.8 Å². The van der Waals surface area contributed by atoms with Crippen molar-refractivity contribution in [3.63, 3.8) is 0 Å². The molecule has 0 aliphatic carbocycles. The zero-order chi connectivity index (χ0) is 12.4. The first-order chi connectivity index (χ1) is 8.17. The van der Waals surface area contributed by atoms with Gasteiger partial charge < -0.3 is 5.73 Å². The van der Waals surface area contributed by atoms with Crippen LogP contribution in [-0.4, -0.2) is 20.0 Å². The second-order valence-corrected chi connectivity index (χ2v) is 3.96. The summed E-state index contributed by atoms with van der Waals surface area (Å²) in [5.41, 5.74) is 9.65. The van der Waals surface area contributed by atoms with Gasteiger partial charge in [-0.3, -0.25) is 0 Å². The summed E-state index contributed by atoms with van der Waals surface area (Å²) < 4.78 is 1.79. The molecule has 0 amide bonds. The van der Waals surface area contributed by atoms with Crippen molar-refractivity contribution in [3.05, 3.63) is 29.2 Å². The molecule has 5 heteroatoms. The molecular weight excluding hydrogens is 214 g/mol. The molecule has 0 aromatic carbocycles. The highest BCUT2D eigenvalue weighted by Crippen LogP contribution is 2.20. The van der Waals surface area contributed by atoms with Gasteiger partial charge in [0.2, 0.25) is 0 Å². The third-order valence-corrected chi connectivity index (χ3v) is 2.77. The summed E-state index contributed by atoms with van der Waals surface area (Å²) >= 11 is 0. The zero-order valence-corrected chi connectivity index (χ0v) is 10.4. The summed E-state index contributed by atoms with van der Waals surface area (Å²) in [5.74, 6) is 0.721. The highest BCUT2D eigenvalue weighted by Gasteiger charge is 2.14. The lowest BCUT2D eigenvalue weighted by Crippen LogP contribution is -2.06. The molecule has 0 bridgehead atoms. The number of hydrogen-bond acceptors (Lipinski definition) is 4. The van der Waals surface area contributed by atoms with Gasteiger partial charge in [-0.25, -0.2) is 4.68 Å². The smallest absolute Gasteiger partial charge is 0.176 e. The summed E-state index contributed by atoms with van der Waals surface area (Å²) in [6, 6.07) is 3.83. The van der Waals surface area contributed by atoms with E-state index in [9.17, 15) is 0 Å². The highest BCUT2D eigenvalue weighted by atomic mass is 15.4. The molecular formula is C12H17N5. The van der Waals surface area contributed by atoms with Crippen LogP contribution in [0.15, 0.2) is 12.1 Å². The molecule has 0 unspecified atom stereocenters. The van der Waals surface area contributed by atoms with Crippen LogP contribution in [0.3, 0.4) is 0 Å². The van der Waals surface area contributed by atoms with Crippen LogP contribution in [0.2, 0.25) is 0 Å². The van der Waals surface area contributed by atoms with E-state index in [1.54, 1.807) is 4.68 Å². The van der Waals surface area contributed by atoms with Crippen LogP contribution in [0.5, 0.6) is 0 Å². The molecule has 0 saturated carbocycles. The number of aryl methyl sites for hydroxylation is 2. The Kier molecular flexibility index (Phi) is 3.08. The Hall–Kier alpha value is -1.91. The van der Waals surface area contributed by atoms with Crippen molar-refractivity contribution in [2.24, 2.45) is 0 Å². The lowest BCUT2D eigenvalue weighted by Gasteiger charge is -2.04. The Labute approximate surface area is 101 Å². The monoisotopic (exact) mass is 231 g/mol. The standard InChI is InChI=1S/C12H17N5/c1-4-9-12(13)10(5-2)17(16-9)11-7-6-8(3)14-15-11/h6-7H,4-5,13H2,1-3H3. The van der Waals surface area contributed by atoms with Crippen molar-refractivity contribution in [2.45, 2.75) is 33.6 Å². The molecule has 0 saturated heterocycles. The summed E-state index contributed by atoms with van der Waals surface area (Å²) in [5, 5.41) is 12.7. The molecule has 0 fully saturated rings. The fourth-order valence-corrected chi connectivity index (χ4v) is 1.81. The van der Waals surface area contributed by atoms with Gasteiger partial charge in [0.25, 0.3) is 0 Å². The fourth-order valence-electron chi connectivity index (χ4n) is 1.81. The van der Waals surface area contributed by atoms with Crippen molar-refractivity contribution in [1.82, 2.24) is 20.0 Å². The third kappa shape index (κ3) is 2.00. The van der Waals surface area contributed by atoms with Gasteiger partial charge in [0.15, 0.2) is 5.82 Å². The molecule has 17 heavy (non-hydrogen) atoms. The lowest BCUT2D eigenvalue weighted by atomic mass is 10.2. The van der Waals surface area contributed by atoms with Crippen LogP contribution in [0.25, 0.3) is 5.82 Å². The Morgan fingerprint density at radius 3 is 2.47 bits per heavy atom. The minimum atomic E-state index is 0.721. The predicted molar refractivity (Wildman–Crippen MR) is 67.1 cm³/mol. The molecule has 2 N–H and O–H groups in total. The molecule has 5 nitrogen and oxygen atoms in total. The van der Waals surface area contributed by atoms with Gasteiger partial charge in [0.1, 0.15) is 0 Å². The van der Waals surface area contributed by atoms with Crippen molar-refractivity contribution in [3.8, 4) is 5.82 Å². The van der Waals surface area contributed by atoms with Crippen LogP contribution in [0.1, 0.15) is 30.9 Å². The Morgan fingerprint density at radius 1 is 1.18 bits per heavy atom. The Bertz CT molecular complexity index is 512. The van der Waals surface area contributed by atoms with E-state index in [1.807, 2.05) is 26.0 Å². The average Bonchev–Trinajstić information content (AvgIpc) is 2.66. The maximum absolute atomic E-state index is 6.06.